The Labute approximate surface area is 286 Å². The molecule has 0 saturated heterocycles. The van der Waals surface area contributed by atoms with E-state index in [2.05, 4.69) is 20.5 Å². The van der Waals surface area contributed by atoms with E-state index < -0.39 is 47.4 Å². The molecule has 0 spiro atoms. The zero-order valence-electron chi connectivity index (χ0n) is 27.9. The minimum Gasteiger partial charge on any atom is -0.463 e. The summed E-state index contributed by atoms with van der Waals surface area (Å²) in [6.07, 6.45) is 6.71. The number of carbonyl (C=O) groups excluding carboxylic acids is 3. The van der Waals surface area contributed by atoms with E-state index in [9.17, 15) is 24.5 Å². The zero-order valence-corrected chi connectivity index (χ0v) is 27.9. The third-order valence-electron chi connectivity index (χ3n) is 7.99. The molecule has 1 aromatic carbocycles. The van der Waals surface area contributed by atoms with Crippen molar-refractivity contribution in [2.75, 3.05) is 18.1 Å². The van der Waals surface area contributed by atoms with Gasteiger partial charge in [-0.1, -0.05) is 29.6 Å². The molecule has 2 aromatic heterocycles. The molecule has 0 bridgehead atoms. The van der Waals surface area contributed by atoms with Gasteiger partial charge in [0.2, 0.25) is 5.82 Å². The van der Waals surface area contributed by atoms with Crippen molar-refractivity contribution in [3.8, 4) is 11.4 Å². The third kappa shape index (κ3) is 10.1. The first-order valence-corrected chi connectivity index (χ1v) is 16.2. The van der Waals surface area contributed by atoms with E-state index in [1.54, 1.807) is 35.2 Å². The van der Waals surface area contributed by atoms with E-state index >= 15 is 0 Å². The van der Waals surface area contributed by atoms with Crippen molar-refractivity contribution in [2.45, 2.75) is 96.6 Å². The van der Waals surface area contributed by atoms with Crippen LogP contribution in [0.4, 0.5) is 11.7 Å². The maximum absolute atomic E-state index is 12.0. The van der Waals surface area contributed by atoms with E-state index in [-0.39, 0.29) is 31.5 Å². The first-order valence-electron chi connectivity index (χ1n) is 16.2. The van der Waals surface area contributed by atoms with Gasteiger partial charge >= 0.3 is 23.9 Å². The van der Waals surface area contributed by atoms with Crippen molar-refractivity contribution < 1.29 is 47.5 Å². The zero-order chi connectivity index (χ0) is 35.6. The highest BCUT2D eigenvalue weighted by atomic mass is 16.7. The van der Waals surface area contributed by atoms with Crippen molar-refractivity contribution in [1.82, 2.24) is 25.1 Å². The summed E-state index contributed by atoms with van der Waals surface area (Å²) in [5.74, 6) is -1.26. The number of hydrogen-bond donors (Lipinski definition) is 0. The highest BCUT2D eigenvalue weighted by Gasteiger charge is 2.32. The predicted octanol–water partition coefficient (Wildman–Crippen LogP) is 3.30. The number of ether oxygens (including phenoxy) is 5. The van der Waals surface area contributed by atoms with Crippen LogP contribution in [0, 0.1) is 10.1 Å². The molecule has 18 heteroatoms. The van der Waals surface area contributed by atoms with Crippen LogP contribution in [-0.4, -0.2) is 91.8 Å². The molecule has 1 aliphatic heterocycles. The summed E-state index contributed by atoms with van der Waals surface area (Å²) in [5.41, 5.74) is 1.15. The van der Waals surface area contributed by atoms with Gasteiger partial charge in [0.05, 0.1) is 30.8 Å². The number of nitro groups is 1. The van der Waals surface area contributed by atoms with Crippen molar-refractivity contribution in [3.63, 3.8) is 0 Å². The SMILES string of the molecule is CC(=O)OC[C@H]1O[C@H](OC[C@@H](Cn2cc(CN(c3nc(-c4ccc([N+](=O)[O-])cc4)no3)C3CCCCC3)nn2)OC(C)=O)C=C[C@@H]1OC(C)=O. The summed E-state index contributed by atoms with van der Waals surface area (Å²) in [6.45, 7) is 3.99. The number of nitrogens with zero attached hydrogens (tertiary/aromatic N) is 7. The summed E-state index contributed by atoms with van der Waals surface area (Å²) in [5, 5.41) is 23.8. The average molecular weight is 698 g/mol. The Hall–Kier alpha value is -5.23. The van der Waals surface area contributed by atoms with Crippen LogP contribution in [0.1, 0.15) is 58.6 Å². The molecule has 0 unspecified atom stereocenters. The minimum absolute atomic E-state index is 0.0367. The van der Waals surface area contributed by atoms with Gasteiger partial charge in [0.1, 0.15) is 30.6 Å². The summed E-state index contributed by atoms with van der Waals surface area (Å²) >= 11 is 0. The summed E-state index contributed by atoms with van der Waals surface area (Å²) in [6, 6.07) is 6.34. The Kier molecular flexibility index (Phi) is 12.2. The Morgan fingerprint density at radius 2 is 1.82 bits per heavy atom. The summed E-state index contributed by atoms with van der Waals surface area (Å²) < 4.78 is 34.8. The molecule has 18 nitrogen and oxygen atoms in total. The van der Waals surface area contributed by atoms with Crippen LogP contribution in [-0.2, 0) is 51.2 Å². The molecule has 50 heavy (non-hydrogen) atoms. The molecule has 1 aliphatic carbocycles. The fourth-order valence-electron chi connectivity index (χ4n) is 5.73. The molecule has 5 rings (SSSR count). The van der Waals surface area contributed by atoms with Gasteiger partial charge in [-0.15, -0.1) is 5.10 Å². The van der Waals surface area contributed by atoms with Gasteiger partial charge in [-0.3, -0.25) is 24.5 Å². The van der Waals surface area contributed by atoms with E-state index in [0.717, 1.165) is 32.1 Å². The lowest BCUT2D eigenvalue weighted by Crippen LogP contribution is -2.43. The Morgan fingerprint density at radius 1 is 1.06 bits per heavy atom. The van der Waals surface area contributed by atoms with E-state index in [1.807, 2.05) is 4.90 Å². The standard InChI is InChI=1S/C32H39N7O11/c1-20(40)45-19-29-28(48-22(3)42)13-14-30(49-29)46-18-27(47-21(2)41)17-37-15-24(34-36-37)16-38(25-7-5-4-6-8-25)32-33-31(35-50-32)23-9-11-26(12-10-23)39(43)44/h9-15,25,27-30H,4-8,16-19H2,1-3H3/t27-,28+,29-,30+/m1/s1. The predicted molar refractivity (Wildman–Crippen MR) is 171 cm³/mol. The number of nitro benzene ring substituents is 1. The number of esters is 3. The number of rotatable bonds is 15. The van der Waals surface area contributed by atoms with Crippen LogP contribution >= 0.6 is 0 Å². The van der Waals surface area contributed by atoms with E-state index in [4.69, 9.17) is 28.2 Å². The van der Waals surface area contributed by atoms with Crippen LogP contribution in [0.15, 0.2) is 47.1 Å². The molecule has 2 aliphatic rings. The lowest BCUT2D eigenvalue weighted by atomic mass is 9.94. The maximum Gasteiger partial charge on any atom is 0.325 e. The summed E-state index contributed by atoms with van der Waals surface area (Å²) in [4.78, 5) is 52.0. The van der Waals surface area contributed by atoms with Gasteiger partial charge in [0.15, 0.2) is 6.29 Å². The van der Waals surface area contributed by atoms with Crippen LogP contribution in [0.3, 0.4) is 0 Å². The van der Waals surface area contributed by atoms with Crippen LogP contribution in [0.5, 0.6) is 0 Å². The van der Waals surface area contributed by atoms with Crippen LogP contribution in [0.2, 0.25) is 0 Å². The lowest BCUT2D eigenvalue weighted by Gasteiger charge is -2.32. The van der Waals surface area contributed by atoms with Gasteiger partial charge in [0.25, 0.3) is 5.69 Å². The second kappa shape index (κ2) is 16.9. The van der Waals surface area contributed by atoms with Crippen molar-refractivity contribution in [2.24, 2.45) is 0 Å². The monoisotopic (exact) mass is 697 g/mol. The Morgan fingerprint density at radius 3 is 2.50 bits per heavy atom. The first kappa shape index (κ1) is 36.1. The normalized spacial score (nSPS) is 19.8. The fourth-order valence-corrected chi connectivity index (χ4v) is 5.73. The third-order valence-corrected chi connectivity index (χ3v) is 7.99. The van der Waals surface area contributed by atoms with Crippen LogP contribution in [0.25, 0.3) is 11.4 Å². The summed E-state index contributed by atoms with van der Waals surface area (Å²) in [7, 11) is 0. The number of aromatic nitrogens is 5. The second-order valence-corrected chi connectivity index (χ2v) is 11.9. The molecule has 0 radical (unpaired) electrons. The van der Waals surface area contributed by atoms with Crippen molar-refractivity contribution >= 4 is 29.6 Å². The highest BCUT2D eigenvalue weighted by molar-refractivity contribution is 5.67. The van der Waals surface area contributed by atoms with E-state index in [1.165, 1.54) is 32.9 Å². The van der Waals surface area contributed by atoms with Gasteiger partial charge in [-0.05, 0) is 37.1 Å². The molecular formula is C32H39N7O11. The minimum atomic E-state index is -0.902. The topological polar surface area (TPSA) is 213 Å². The largest absolute Gasteiger partial charge is 0.463 e. The number of anilines is 1. The molecule has 0 amide bonds. The molecule has 0 N–H and O–H groups in total. The van der Waals surface area contributed by atoms with Gasteiger partial charge in [-0.2, -0.15) is 4.98 Å². The number of benzene rings is 1. The molecule has 3 aromatic rings. The second-order valence-electron chi connectivity index (χ2n) is 11.9. The Balaban J connectivity index is 1.24. The lowest BCUT2D eigenvalue weighted by molar-refractivity contribution is -0.384. The molecule has 1 fully saturated rings. The van der Waals surface area contributed by atoms with Crippen molar-refractivity contribution in [3.05, 3.63) is 58.4 Å². The smallest absolute Gasteiger partial charge is 0.325 e. The van der Waals surface area contributed by atoms with Gasteiger partial charge < -0.3 is 33.1 Å². The first-order chi connectivity index (χ1) is 24.0. The highest BCUT2D eigenvalue weighted by Crippen LogP contribution is 2.30. The number of carbonyl (C=O) groups is 3. The van der Waals surface area contributed by atoms with E-state index in [0.29, 0.717) is 29.6 Å². The quantitative estimate of drug-likeness (QED) is 0.0732. The number of hydrogen-bond acceptors (Lipinski definition) is 16. The van der Waals surface area contributed by atoms with Crippen molar-refractivity contribution in [1.29, 1.82) is 0 Å². The molecule has 3 heterocycles. The molecule has 268 valence electrons. The van der Waals surface area contributed by atoms with Gasteiger partial charge in [-0.25, -0.2) is 4.68 Å². The molecular weight excluding hydrogens is 658 g/mol. The molecule has 4 atom stereocenters. The molecule has 1 saturated carbocycles. The van der Waals surface area contributed by atoms with Gasteiger partial charge in [0, 0.05) is 44.5 Å². The Bertz CT molecular complexity index is 1650. The average Bonchev–Trinajstić information content (AvgIpc) is 3.76. The van der Waals surface area contributed by atoms with Crippen LogP contribution < -0.4 is 4.90 Å². The fraction of sp³-hybridized carbons (Fsp3) is 0.531. The number of non-ortho nitro benzene ring substituents is 1. The maximum atomic E-state index is 12.0.